The predicted molar refractivity (Wildman–Crippen MR) is 121 cm³/mol. The molecule has 0 aliphatic heterocycles. The van der Waals surface area contributed by atoms with E-state index in [0.29, 0.717) is 0 Å². The number of aryl methyl sites for hydroxylation is 1. The fourth-order valence-electron chi connectivity index (χ4n) is 3.78. The molecular formula is C26H33ClN2O4. The molecule has 0 N–H and O–H groups in total. The molecule has 1 aromatic carbocycles. The fraction of sp³-hybridized carbons (Fsp3) is 0.346. The Balaban J connectivity index is 0.000000696. The highest BCUT2D eigenvalue weighted by atomic mass is 35.7. The van der Waals surface area contributed by atoms with E-state index in [4.69, 9.17) is 18.6 Å². The molecule has 178 valence electrons. The van der Waals surface area contributed by atoms with Crippen LogP contribution >= 0.6 is 0 Å². The third-order valence-electron chi connectivity index (χ3n) is 5.27. The maximum absolute atomic E-state index is 8.49. The molecule has 0 saturated carbocycles. The van der Waals surface area contributed by atoms with E-state index in [9.17, 15) is 0 Å². The number of pyridine rings is 1. The zero-order chi connectivity index (χ0) is 24.6. The van der Waals surface area contributed by atoms with Gasteiger partial charge in [0.25, 0.3) is 0 Å². The van der Waals surface area contributed by atoms with Crippen LogP contribution in [0.15, 0.2) is 72.1 Å². The number of hydrogen-bond acceptors (Lipinski definition) is 5. The quantitative estimate of drug-likeness (QED) is 0.608. The molecule has 6 nitrogen and oxygen atoms in total. The molecule has 0 saturated heterocycles. The van der Waals surface area contributed by atoms with Crippen LogP contribution in [0, 0.1) is 15.7 Å². The Kier molecular flexibility index (Phi) is 9.40. The van der Waals surface area contributed by atoms with Crippen LogP contribution in [0.5, 0.6) is 0 Å². The number of allylic oxidation sites excluding steroid dienone is 4. The Morgan fingerprint density at radius 1 is 0.909 bits per heavy atom. The van der Waals surface area contributed by atoms with Gasteiger partial charge in [-0.25, -0.2) is 23.2 Å². The van der Waals surface area contributed by atoms with Gasteiger partial charge in [-0.3, -0.25) is 0 Å². The molecule has 2 aromatic rings. The van der Waals surface area contributed by atoms with Crippen LogP contribution in [-0.4, -0.2) is 14.1 Å². The molecule has 0 bridgehead atoms. The number of nitrogens with zero attached hydrogens (tertiary/aromatic N) is 2. The van der Waals surface area contributed by atoms with Gasteiger partial charge in [-0.2, -0.15) is 0 Å². The van der Waals surface area contributed by atoms with Gasteiger partial charge >= 0.3 is 0 Å². The number of rotatable bonds is 5. The number of benzene rings is 1. The third-order valence-corrected chi connectivity index (χ3v) is 5.27. The van der Waals surface area contributed by atoms with E-state index in [1.165, 1.54) is 28.0 Å². The zero-order valence-corrected chi connectivity index (χ0v) is 20.7. The summed E-state index contributed by atoms with van der Waals surface area (Å²) < 4.78 is 36.2. The molecule has 7 heteroatoms. The molecular weight excluding hydrogens is 440 g/mol. The highest BCUT2D eigenvalue weighted by Gasteiger charge is 2.24. The Morgan fingerprint density at radius 3 is 2.00 bits per heavy atom. The monoisotopic (exact) mass is 472 g/mol. The van der Waals surface area contributed by atoms with E-state index in [1.54, 1.807) is 0 Å². The second-order valence-electron chi connectivity index (χ2n) is 9.12. The van der Waals surface area contributed by atoms with Crippen molar-refractivity contribution in [3.63, 3.8) is 0 Å². The fourth-order valence-corrected chi connectivity index (χ4v) is 3.78. The molecule has 1 aliphatic rings. The Hall–Kier alpha value is -2.48. The number of anilines is 1. The lowest BCUT2D eigenvalue weighted by Gasteiger charge is -2.30. The summed E-state index contributed by atoms with van der Waals surface area (Å²) in [5.41, 5.74) is 6.84. The minimum absolute atomic E-state index is 0.285. The molecule has 0 spiro atoms. The van der Waals surface area contributed by atoms with Crippen LogP contribution in [0.4, 0.5) is 5.69 Å². The lowest BCUT2D eigenvalue weighted by molar-refractivity contribution is -2.00. The number of aromatic nitrogens is 1. The van der Waals surface area contributed by atoms with Crippen molar-refractivity contribution in [2.75, 3.05) is 19.0 Å². The first-order valence-electron chi connectivity index (χ1n) is 10.8. The minimum atomic E-state index is -4.94. The number of halogens is 1. The van der Waals surface area contributed by atoms with E-state index in [2.05, 4.69) is 117 Å². The van der Waals surface area contributed by atoms with Crippen LogP contribution in [0.3, 0.4) is 0 Å². The van der Waals surface area contributed by atoms with Crippen molar-refractivity contribution in [1.82, 2.24) is 0 Å². The van der Waals surface area contributed by atoms with Crippen molar-refractivity contribution < 1.29 is 33.4 Å². The summed E-state index contributed by atoms with van der Waals surface area (Å²) in [5.74, 6) is 0. The summed E-state index contributed by atoms with van der Waals surface area (Å²) in [4.78, 5) is 2.13. The summed E-state index contributed by atoms with van der Waals surface area (Å²) in [6.07, 6.45) is 15.8. The molecule has 33 heavy (non-hydrogen) atoms. The molecule has 0 radical (unpaired) electrons. The molecule has 1 heterocycles. The Morgan fingerprint density at radius 2 is 1.48 bits per heavy atom. The van der Waals surface area contributed by atoms with Gasteiger partial charge in [0.05, 0.1) is 0 Å². The third kappa shape index (κ3) is 10.3. The van der Waals surface area contributed by atoms with Crippen molar-refractivity contribution in [2.24, 2.45) is 5.41 Å². The summed E-state index contributed by atoms with van der Waals surface area (Å²) in [6.45, 7) is 7.90. The molecule has 0 atom stereocenters. The first-order chi connectivity index (χ1) is 15.3. The maximum Gasteiger partial charge on any atom is 0.169 e. The van der Waals surface area contributed by atoms with Gasteiger partial charge in [0, 0.05) is 31.9 Å². The summed E-state index contributed by atoms with van der Waals surface area (Å²) in [7, 11) is -0.801. The Bertz CT molecular complexity index is 980. The van der Waals surface area contributed by atoms with E-state index >= 15 is 0 Å². The second kappa shape index (κ2) is 11.6. The van der Waals surface area contributed by atoms with Gasteiger partial charge in [0.15, 0.2) is 12.4 Å². The Labute approximate surface area is 199 Å². The normalized spacial score (nSPS) is 16.9. The topological polar surface area (TPSA) is 99.4 Å². The van der Waals surface area contributed by atoms with Crippen LogP contribution in [-0.2, 0) is 6.54 Å². The van der Waals surface area contributed by atoms with E-state index in [-0.39, 0.29) is 5.41 Å². The van der Waals surface area contributed by atoms with Gasteiger partial charge in [-0.05, 0) is 59.6 Å². The van der Waals surface area contributed by atoms with Crippen LogP contribution in [0.2, 0.25) is 0 Å². The lowest BCUT2D eigenvalue weighted by Crippen LogP contribution is -2.68. The van der Waals surface area contributed by atoms with Crippen LogP contribution in [0.25, 0.3) is 12.2 Å². The van der Waals surface area contributed by atoms with Crippen molar-refractivity contribution in [1.29, 1.82) is 0 Å². The smallest absolute Gasteiger partial charge is 0.169 e. The van der Waals surface area contributed by atoms with Crippen molar-refractivity contribution in [3.05, 3.63) is 83.2 Å². The largest absolute Gasteiger partial charge is 0.378 e. The molecule has 0 unspecified atom stereocenters. The van der Waals surface area contributed by atoms with Gasteiger partial charge in [-0.15, -0.1) is 10.2 Å². The molecule has 0 fully saturated rings. The first-order valence-corrected chi connectivity index (χ1v) is 12.1. The highest BCUT2D eigenvalue weighted by Crippen LogP contribution is 2.39. The summed E-state index contributed by atoms with van der Waals surface area (Å²) in [5, 5.41) is 0. The molecule has 1 aromatic heterocycles. The van der Waals surface area contributed by atoms with Crippen LogP contribution < -0.4 is 28.1 Å². The van der Waals surface area contributed by atoms with E-state index < -0.39 is 10.2 Å². The van der Waals surface area contributed by atoms with Gasteiger partial charge in [0.2, 0.25) is 0 Å². The molecule has 0 amide bonds. The minimum Gasteiger partial charge on any atom is -0.378 e. The zero-order valence-electron chi connectivity index (χ0n) is 20.0. The van der Waals surface area contributed by atoms with Gasteiger partial charge in [0.1, 0.15) is 6.54 Å². The summed E-state index contributed by atoms with van der Waals surface area (Å²) in [6, 6.07) is 13.1. The highest BCUT2D eigenvalue weighted by molar-refractivity contribution is 5.61. The van der Waals surface area contributed by atoms with E-state index in [0.717, 1.165) is 19.4 Å². The maximum atomic E-state index is 8.49. The summed E-state index contributed by atoms with van der Waals surface area (Å²) >= 11 is 0. The van der Waals surface area contributed by atoms with Crippen molar-refractivity contribution >= 4 is 17.8 Å². The predicted octanol–water partition coefficient (Wildman–Crippen LogP) is 1.15. The van der Waals surface area contributed by atoms with E-state index in [1.807, 2.05) is 0 Å². The lowest BCUT2D eigenvalue weighted by atomic mass is 9.75. The average molecular weight is 473 g/mol. The number of hydrogen-bond donors (Lipinski definition) is 0. The standard InChI is InChI=1S/C26H33N2.ClHO4/c1-6-28-15-13-22(14-16-28)17-24-18-23(19-26(2,3)20-24)8-7-21-9-11-25(12-10-21)27(4)5;2-1(3,4)5/h7-18H,6,19-20H2,1-5H3;(H,2,3,4,5)/q+1;/p-1. The first kappa shape index (κ1) is 26.8. The van der Waals surface area contributed by atoms with Crippen LogP contribution in [0.1, 0.15) is 44.7 Å². The molecule has 3 rings (SSSR count). The second-order valence-corrected chi connectivity index (χ2v) is 9.87. The SMILES string of the molecule is CC[n+]1ccc(C=C2C=C(C=Cc3ccc(N(C)C)cc3)CC(C)(C)C2)cc1.[O-][Cl+3]([O-])([O-])[O-]. The van der Waals surface area contributed by atoms with Crippen molar-refractivity contribution in [2.45, 2.75) is 40.2 Å². The molecule has 1 aliphatic carbocycles. The van der Waals surface area contributed by atoms with Crippen molar-refractivity contribution in [3.8, 4) is 0 Å². The van der Waals surface area contributed by atoms with Gasteiger partial charge in [-0.1, -0.05) is 50.3 Å². The van der Waals surface area contributed by atoms with Gasteiger partial charge < -0.3 is 4.90 Å². The average Bonchev–Trinajstić information content (AvgIpc) is 2.71.